The van der Waals surface area contributed by atoms with Gasteiger partial charge < -0.3 is 5.11 Å². The maximum absolute atomic E-state index is 12.3. The maximum Gasteiger partial charge on any atom is 0.335 e. The first-order valence-electron chi connectivity index (χ1n) is 6.03. The molecule has 106 valence electrons. The predicted molar refractivity (Wildman–Crippen MR) is 77.2 cm³/mol. The van der Waals surface area contributed by atoms with E-state index >= 15 is 0 Å². The fourth-order valence-corrected chi connectivity index (χ4v) is 4.67. The molecule has 0 fully saturated rings. The van der Waals surface area contributed by atoms with Gasteiger partial charge in [0.05, 0.1) is 16.2 Å². The Labute approximate surface area is 121 Å². The molecule has 4 nitrogen and oxygen atoms in total. The Morgan fingerprint density at radius 3 is 2.58 bits per heavy atom. The van der Waals surface area contributed by atoms with Crippen LogP contribution in [0.3, 0.4) is 0 Å². The molecule has 1 atom stereocenters. The average molecular weight is 349 g/mol. The van der Waals surface area contributed by atoms with Gasteiger partial charge in [0.2, 0.25) is 0 Å². The molecule has 0 saturated carbocycles. The van der Waals surface area contributed by atoms with E-state index < -0.39 is 15.8 Å². The van der Waals surface area contributed by atoms with Crippen LogP contribution in [0.2, 0.25) is 0 Å². The van der Waals surface area contributed by atoms with E-state index in [1.54, 1.807) is 0 Å². The van der Waals surface area contributed by atoms with Gasteiger partial charge in [-0.15, -0.1) is 0 Å². The van der Waals surface area contributed by atoms with E-state index in [1.165, 1.54) is 18.2 Å². The van der Waals surface area contributed by atoms with E-state index in [0.29, 0.717) is 4.47 Å². The molecule has 6 heteroatoms. The van der Waals surface area contributed by atoms with E-state index in [2.05, 4.69) is 15.9 Å². The SMILES string of the molecule is CCCC(C)CS(=O)(=O)c1cc(C(=O)O)ccc1Br. The molecular formula is C13H17BrO4S. The molecule has 0 heterocycles. The number of benzene rings is 1. The number of halogens is 1. The maximum atomic E-state index is 12.3. The van der Waals surface area contributed by atoms with Gasteiger partial charge in [-0.2, -0.15) is 0 Å². The van der Waals surface area contributed by atoms with E-state index in [4.69, 9.17) is 5.11 Å². The molecule has 0 aliphatic carbocycles. The van der Waals surface area contributed by atoms with Gasteiger partial charge in [-0.1, -0.05) is 20.3 Å². The van der Waals surface area contributed by atoms with Gasteiger partial charge >= 0.3 is 5.97 Å². The highest BCUT2D eigenvalue weighted by molar-refractivity contribution is 9.10. The van der Waals surface area contributed by atoms with Gasteiger partial charge in [-0.3, -0.25) is 0 Å². The van der Waals surface area contributed by atoms with Crippen molar-refractivity contribution < 1.29 is 18.3 Å². The van der Waals surface area contributed by atoms with Crippen molar-refractivity contribution in [2.45, 2.75) is 31.6 Å². The van der Waals surface area contributed by atoms with E-state index in [-0.39, 0.29) is 22.1 Å². The lowest BCUT2D eigenvalue weighted by molar-refractivity contribution is 0.0696. The zero-order valence-electron chi connectivity index (χ0n) is 10.9. The molecule has 0 aliphatic rings. The number of carbonyl (C=O) groups is 1. The standard InChI is InChI=1S/C13H17BrO4S/c1-3-4-9(2)8-19(17,18)12-7-10(13(15)16)5-6-11(12)14/h5-7,9H,3-4,8H2,1-2H3,(H,15,16). The Morgan fingerprint density at radius 1 is 1.42 bits per heavy atom. The summed E-state index contributed by atoms with van der Waals surface area (Å²) in [6.07, 6.45) is 1.75. The van der Waals surface area contributed by atoms with E-state index in [1.807, 2.05) is 13.8 Å². The lowest BCUT2D eigenvalue weighted by Gasteiger charge is -2.12. The molecule has 0 bridgehead atoms. The van der Waals surface area contributed by atoms with Crippen LogP contribution in [0.1, 0.15) is 37.0 Å². The first-order chi connectivity index (χ1) is 8.77. The third-order valence-corrected chi connectivity index (χ3v) is 5.77. The third-order valence-electron chi connectivity index (χ3n) is 2.80. The topological polar surface area (TPSA) is 71.4 Å². The first kappa shape index (κ1) is 16.2. The summed E-state index contributed by atoms with van der Waals surface area (Å²) < 4.78 is 25.0. The van der Waals surface area contributed by atoms with Crippen LogP contribution in [0.5, 0.6) is 0 Å². The molecule has 1 unspecified atom stereocenters. The van der Waals surface area contributed by atoms with Crippen LogP contribution in [0, 0.1) is 5.92 Å². The number of hydrogen-bond donors (Lipinski definition) is 1. The molecule has 0 saturated heterocycles. The minimum atomic E-state index is -3.48. The van der Waals surface area contributed by atoms with Crippen LogP contribution >= 0.6 is 15.9 Å². The minimum Gasteiger partial charge on any atom is -0.478 e. The molecule has 1 rings (SSSR count). The predicted octanol–water partition coefficient (Wildman–Crippen LogP) is 3.36. The highest BCUT2D eigenvalue weighted by Crippen LogP contribution is 2.26. The number of aromatic carboxylic acids is 1. The van der Waals surface area contributed by atoms with Crippen molar-refractivity contribution in [3.8, 4) is 0 Å². The number of carboxylic acid groups (broad SMARTS) is 1. The molecule has 0 spiro atoms. The quantitative estimate of drug-likeness (QED) is 0.855. The summed E-state index contributed by atoms with van der Waals surface area (Å²) in [6.45, 7) is 3.89. The summed E-state index contributed by atoms with van der Waals surface area (Å²) in [5.41, 5.74) is -0.0232. The Kier molecular flexibility index (Phi) is 5.55. The molecule has 1 aromatic carbocycles. The fourth-order valence-electron chi connectivity index (χ4n) is 1.92. The first-order valence-corrected chi connectivity index (χ1v) is 8.48. The van der Waals surface area contributed by atoms with Crippen LogP contribution in [-0.4, -0.2) is 25.2 Å². The van der Waals surface area contributed by atoms with Crippen molar-refractivity contribution >= 4 is 31.7 Å². The normalized spacial score (nSPS) is 13.2. The van der Waals surface area contributed by atoms with Crippen LogP contribution in [0.25, 0.3) is 0 Å². The van der Waals surface area contributed by atoms with Crippen LogP contribution in [0.15, 0.2) is 27.6 Å². The van der Waals surface area contributed by atoms with Crippen molar-refractivity contribution in [1.29, 1.82) is 0 Å². The molecule has 0 radical (unpaired) electrons. The van der Waals surface area contributed by atoms with Gasteiger partial charge in [0.1, 0.15) is 0 Å². The molecule has 1 N–H and O–H groups in total. The third kappa shape index (κ3) is 4.31. The largest absolute Gasteiger partial charge is 0.478 e. The van der Waals surface area contributed by atoms with Crippen molar-refractivity contribution in [3.05, 3.63) is 28.2 Å². The van der Waals surface area contributed by atoms with Gasteiger partial charge in [0, 0.05) is 4.47 Å². The number of hydrogen-bond acceptors (Lipinski definition) is 3. The number of rotatable bonds is 6. The smallest absolute Gasteiger partial charge is 0.335 e. The summed E-state index contributed by atoms with van der Waals surface area (Å²) in [6, 6.07) is 4.04. The molecular weight excluding hydrogens is 332 g/mol. The second-order valence-corrected chi connectivity index (χ2v) is 7.48. The highest BCUT2D eigenvalue weighted by atomic mass is 79.9. The van der Waals surface area contributed by atoms with Gasteiger partial charge in [0.15, 0.2) is 9.84 Å². The summed E-state index contributed by atoms with van der Waals surface area (Å²) in [5.74, 6) is -1.05. The van der Waals surface area contributed by atoms with E-state index in [9.17, 15) is 13.2 Å². The Hall–Kier alpha value is -0.880. The summed E-state index contributed by atoms with van der Waals surface area (Å²) in [7, 11) is -3.48. The van der Waals surface area contributed by atoms with Crippen LogP contribution in [-0.2, 0) is 9.84 Å². The lowest BCUT2D eigenvalue weighted by atomic mass is 10.1. The highest BCUT2D eigenvalue weighted by Gasteiger charge is 2.22. The number of carboxylic acids is 1. The zero-order chi connectivity index (χ0) is 14.6. The van der Waals surface area contributed by atoms with Crippen LogP contribution in [0.4, 0.5) is 0 Å². The van der Waals surface area contributed by atoms with Crippen LogP contribution < -0.4 is 0 Å². The Morgan fingerprint density at radius 2 is 2.05 bits per heavy atom. The summed E-state index contributed by atoms with van der Waals surface area (Å²) in [5, 5.41) is 8.92. The van der Waals surface area contributed by atoms with Crippen molar-refractivity contribution in [2.75, 3.05) is 5.75 Å². The zero-order valence-corrected chi connectivity index (χ0v) is 13.3. The van der Waals surface area contributed by atoms with E-state index in [0.717, 1.165) is 12.8 Å². The summed E-state index contributed by atoms with van der Waals surface area (Å²) in [4.78, 5) is 11.0. The Bertz CT molecular complexity index is 566. The van der Waals surface area contributed by atoms with Crippen molar-refractivity contribution in [2.24, 2.45) is 5.92 Å². The Balaban J connectivity index is 3.13. The lowest BCUT2D eigenvalue weighted by Crippen LogP contribution is -2.15. The van der Waals surface area contributed by atoms with Gasteiger partial charge in [0.25, 0.3) is 0 Å². The second kappa shape index (κ2) is 6.52. The number of sulfone groups is 1. The molecule has 19 heavy (non-hydrogen) atoms. The molecule has 0 aliphatic heterocycles. The average Bonchev–Trinajstić information content (AvgIpc) is 2.28. The monoisotopic (exact) mass is 348 g/mol. The molecule has 0 amide bonds. The second-order valence-electron chi connectivity index (χ2n) is 4.63. The van der Waals surface area contributed by atoms with Gasteiger partial charge in [-0.05, 0) is 46.5 Å². The van der Waals surface area contributed by atoms with Crippen molar-refractivity contribution in [3.63, 3.8) is 0 Å². The van der Waals surface area contributed by atoms with Crippen molar-refractivity contribution in [1.82, 2.24) is 0 Å². The minimum absolute atomic E-state index is 0.0232. The van der Waals surface area contributed by atoms with Gasteiger partial charge in [-0.25, -0.2) is 13.2 Å². The fraction of sp³-hybridized carbons (Fsp3) is 0.462. The molecule has 0 aromatic heterocycles. The summed E-state index contributed by atoms with van der Waals surface area (Å²) >= 11 is 3.17. The molecule has 1 aromatic rings.